The molecule has 3 saturated carbocycles. The van der Waals surface area contributed by atoms with Crippen LogP contribution in [-0.2, 0) is 5.41 Å². The Morgan fingerprint density at radius 3 is 2.61 bits per heavy atom. The summed E-state index contributed by atoms with van der Waals surface area (Å²) >= 11 is 1.69. The van der Waals surface area contributed by atoms with Crippen molar-refractivity contribution in [1.29, 1.82) is 5.26 Å². The van der Waals surface area contributed by atoms with Gasteiger partial charge in [-0.05, 0) is 62.8 Å². The SMILES string of the molecule is CNc1cc(-c2ccc3cc(C#N)cnn23)ncc1-c1nnc(C23CCC(N)(CC2)CC3)s1. The van der Waals surface area contributed by atoms with E-state index in [1.165, 1.54) is 0 Å². The fourth-order valence-electron chi connectivity index (χ4n) is 5.31. The average molecular weight is 457 g/mol. The largest absolute Gasteiger partial charge is 0.387 e. The highest BCUT2D eigenvalue weighted by molar-refractivity contribution is 7.14. The van der Waals surface area contributed by atoms with Crippen molar-refractivity contribution < 1.29 is 0 Å². The molecule has 0 unspecified atom stereocenters. The van der Waals surface area contributed by atoms with Gasteiger partial charge in [0.25, 0.3) is 0 Å². The molecule has 0 spiro atoms. The van der Waals surface area contributed by atoms with E-state index in [9.17, 15) is 0 Å². The molecule has 166 valence electrons. The molecule has 0 amide bonds. The van der Waals surface area contributed by atoms with Gasteiger partial charge in [-0.25, -0.2) is 4.52 Å². The van der Waals surface area contributed by atoms with Gasteiger partial charge in [-0.2, -0.15) is 10.4 Å². The molecular weight excluding hydrogens is 432 g/mol. The Morgan fingerprint density at radius 2 is 1.88 bits per heavy atom. The fourth-order valence-corrected chi connectivity index (χ4v) is 6.45. The molecule has 3 N–H and O–H groups in total. The standard InChI is InChI=1S/C24H24N8S/c1-27-18-11-19(20-3-2-16-10-15(12-25)13-29-32(16)20)28-14-17(18)21-30-31-22(33-21)23-4-7-24(26,8-5-23)9-6-23/h2-3,10-11,13-14H,4-9,26H2,1H3,(H,27,28). The van der Waals surface area contributed by atoms with Crippen LogP contribution in [0.2, 0.25) is 0 Å². The summed E-state index contributed by atoms with van der Waals surface area (Å²) in [5, 5.41) is 28.1. The zero-order valence-corrected chi connectivity index (χ0v) is 19.2. The third kappa shape index (κ3) is 3.21. The van der Waals surface area contributed by atoms with Crippen molar-refractivity contribution >= 4 is 22.5 Å². The molecule has 33 heavy (non-hydrogen) atoms. The highest BCUT2D eigenvalue weighted by Gasteiger charge is 2.49. The number of aromatic nitrogens is 5. The summed E-state index contributed by atoms with van der Waals surface area (Å²) in [5.41, 5.74) is 11.6. The van der Waals surface area contributed by atoms with E-state index in [1.807, 2.05) is 37.5 Å². The number of hydrogen-bond acceptors (Lipinski definition) is 8. The number of nitriles is 1. The van der Waals surface area contributed by atoms with Gasteiger partial charge in [0, 0.05) is 29.9 Å². The quantitative estimate of drug-likeness (QED) is 0.474. The molecule has 4 heterocycles. The number of pyridine rings is 1. The molecule has 3 aliphatic rings. The normalized spacial score (nSPS) is 24.2. The molecule has 9 heteroatoms. The third-order valence-corrected chi connectivity index (χ3v) is 8.68. The minimum Gasteiger partial charge on any atom is -0.387 e. The first-order valence-corrected chi connectivity index (χ1v) is 12.0. The summed E-state index contributed by atoms with van der Waals surface area (Å²) in [6, 6.07) is 9.87. The Bertz CT molecular complexity index is 1390. The minimum absolute atomic E-state index is 0.0440. The summed E-state index contributed by atoms with van der Waals surface area (Å²) in [6.07, 6.45) is 9.98. The summed E-state index contributed by atoms with van der Waals surface area (Å²) in [7, 11) is 1.90. The molecule has 0 radical (unpaired) electrons. The Kier molecular flexibility index (Phi) is 4.50. The summed E-state index contributed by atoms with van der Waals surface area (Å²) in [6.45, 7) is 0. The second-order valence-corrected chi connectivity index (χ2v) is 10.3. The minimum atomic E-state index is 0.0440. The molecule has 0 aliphatic heterocycles. The van der Waals surface area contributed by atoms with E-state index in [-0.39, 0.29) is 11.0 Å². The Labute approximate surface area is 195 Å². The lowest BCUT2D eigenvalue weighted by molar-refractivity contribution is 0.106. The number of rotatable bonds is 4. The van der Waals surface area contributed by atoms with Crippen LogP contribution < -0.4 is 11.1 Å². The first kappa shape index (κ1) is 20.3. The van der Waals surface area contributed by atoms with Crippen molar-refractivity contribution in [3.8, 4) is 28.0 Å². The van der Waals surface area contributed by atoms with E-state index in [1.54, 1.807) is 22.0 Å². The van der Waals surface area contributed by atoms with E-state index in [4.69, 9.17) is 16.0 Å². The summed E-state index contributed by atoms with van der Waals surface area (Å²) in [4.78, 5) is 4.73. The van der Waals surface area contributed by atoms with Crippen molar-refractivity contribution in [3.05, 3.63) is 47.2 Å². The number of nitrogens with one attached hydrogen (secondary N) is 1. The van der Waals surface area contributed by atoms with E-state index < -0.39 is 0 Å². The molecule has 7 rings (SSSR count). The highest BCUT2D eigenvalue weighted by Crippen LogP contribution is 2.53. The van der Waals surface area contributed by atoms with Gasteiger partial charge in [0.2, 0.25) is 0 Å². The number of nitrogens with two attached hydrogens (primary N) is 1. The molecule has 0 atom stereocenters. The van der Waals surface area contributed by atoms with Gasteiger partial charge in [-0.15, -0.1) is 10.2 Å². The maximum Gasteiger partial charge on any atom is 0.151 e. The number of fused-ring (bicyclic) bond motifs is 4. The highest BCUT2D eigenvalue weighted by atomic mass is 32.1. The Balaban J connectivity index is 1.35. The van der Waals surface area contributed by atoms with Crippen LogP contribution in [0, 0.1) is 11.3 Å². The molecule has 8 nitrogen and oxygen atoms in total. The molecule has 0 saturated heterocycles. The van der Waals surface area contributed by atoms with Crippen LogP contribution in [0.25, 0.3) is 27.5 Å². The van der Waals surface area contributed by atoms with Crippen LogP contribution in [0.1, 0.15) is 49.1 Å². The van der Waals surface area contributed by atoms with Gasteiger partial charge in [0.05, 0.1) is 34.2 Å². The second-order valence-electron chi connectivity index (χ2n) is 9.33. The van der Waals surface area contributed by atoms with Crippen LogP contribution in [0.15, 0.2) is 36.7 Å². The predicted molar refractivity (Wildman–Crippen MR) is 128 cm³/mol. The molecule has 3 fully saturated rings. The Morgan fingerprint density at radius 1 is 1.09 bits per heavy atom. The molecular formula is C24H24N8S. The monoisotopic (exact) mass is 456 g/mol. The first-order valence-electron chi connectivity index (χ1n) is 11.2. The fraction of sp³-hybridized carbons (Fsp3) is 0.375. The molecule has 3 aliphatic carbocycles. The second kappa shape index (κ2) is 7.33. The average Bonchev–Trinajstić information content (AvgIpc) is 3.52. The van der Waals surface area contributed by atoms with Gasteiger partial charge < -0.3 is 11.1 Å². The topological polar surface area (TPSA) is 118 Å². The zero-order chi connectivity index (χ0) is 22.6. The number of anilines is 1. The van der Waals surface area contributed by atoms with Crippen molar-refractivity contribution in [2.24, 2.45) is 5.73 Å². The van der Waals surface area contributed by atoms with Crippen LogP contribution >= 0.6 is 11.3 Å². The van der Waals surface area contributed by atoms with Crippen molar-refractivity contribution in [2.45, 2.75) is 49.5 Å². The maximum absolute atomic E-state index is 9.12. The lowest BCUT2D eigenvalue weighted by Crippen LogP contribution is -2.53. The lowest BCUT2D eigenvalue weighted by atomic mass is 9.58. The molecule has 4 aromatic rings. The smallest absolute Gasteiger partial charge is 0.151 e. The molecule has 2 bridgehead atoms. The van der Waals surface area contributed by atoms with Gasteiger partial charge in [0.15, 0.2) is 5.01 Å². The summed E-state index contributed by atoms with van der Waals surface area (Å²) < 4.78 is 1.80. The third-order valence-electron chi connectivity index (χ3n) is 7.48. The van der Waals surface area contributed by atoms with E-state index in [0.717, 1.165) is 76.7 Å². The van der Waals surface area contributed by atoms with E-state index in [2.05, 4.69) is 26.7 Å². The lowest BCUT2D eigenvalue weighted by Gasteiger charge is -2.50. The Hall–Kier alpha value is -3.35. The van der Waals surface area contributed by atoms with E-state index in [0.29, 0.717) is 5.56 Å². The van der Waals surface area contributed by atoms with Crippen molar-refractivity contribution in [2.75, 3.05) is 12.4 Å². The van der Waals surface area contributed by atoms with Crippen molar-refractivity contribution in [1.82, 2.24) is 24.8 Å². The van der Waals surface area contributed by atoms with Gasteiger partial charge in [0.1, 0.15) is 11.1 Å². The van der Waals surface area contributed by atoms with Gasteiger partial charge in [-0.1, -0.05) is 11.3 Å². The first-order chi connectivity index (χ1) is 16.0. The number of nitrogens with zero attached hydrogens (tertiary/aromatic N) is 6. The van der Waals surface area contributed by atoms with Crippen molar-refractivity contribution in [3.63, 3.8) is 0 Å². The molecule has 0 aromatic carbocycles. The van der Waals surface area contributed by atoms with Crippen LogP contribution in [-0.4, -0.2) is 37.4 Å². The molecule has 4 aromatic heterocycles. The maximum atomic E-state index is 9.12. The van der Waals surface area contributed by atoms with Crippen LogP contribution in [0.4, 0.5) is 5.69 Å². The van der Waals surface area contributed by atoms with Crippen LogP contribution in [0.5, 0.6) is 0 Å². The zero-order valence-electron chi connectivity index (χ0n) is 18.4. The van der Waals surface area contributed by atoms with Gasteiger partial charge >= 0.3 is 0 Å². The predicted octanol–water partition coefficient (Wildman–Crippen LogP) is 4.13. The van der Waals surface area contributed by atoms with Gasteiger partial charge in [-0.3, -0.25) is 4.98 Å². The van der Waals surface area contributed by atoms with E-state index >= 15 is 0 Å². The van der Waals surface area contributed by atoms with Crippen LogP contribution in [0.3, 0.4) is 0 Å². The summed E-state index contributed by atoms with van der Waals surface area (Å²) in [5.74, 6) is 0. The number of hydrogen-bond donors (Lipinski definition) is 2.